The maximum atomic E-state index is 5.59. The van der Waals surface area contributed by atoms with E-state index in [0.29, 0.717) is 35.6 Å². The molecule has 0 aliphatic heterocycles. The molecule has 0 saturated heterocycles. The monoisotopic (exact) mass is 467 g/mol. The largest absolute Gasteiger partial charge is 0.493 e. The van der Waals surface area contributed by atoms with Gasteiger partial charge in [-0.05, 0) is 47.9 Å². The molecule has 176 valence electrons. The first-order valence-corrected chi connectivity index (χ1v) is 11.2. The fraction of sp³-hybridized carbons (Fsp3) is 0.185. The summed E-state index contributed by atoms with van der Waals surface area (Å²) in [5.41, 5.74) is 4.96. The molecule has 8 nitrogen and oxygen atoms in total. The van der Waals surface area contributed by atoms with Gasteiger partial charge < -0.3 is 19.2 Å². The van der Waals surface area contributed by atoms with Crippen LogP contribution in [-0.4, -0.2) is 34.4 Å². The minimum Gasteiger partial charge on any atom is -0.493 e. The number of fused-ring (bicyclic) bond motifs is 1. The normalized spacial score (nSPS) is 11.0. The first-order chi connectivity index (χ1) is 17.0. The molecule has 5 rings (SSSR count). The molecule has 0 fully saturated rings. The van der Waals surface area contributed by atoms with Crippen LogP contribution in [0.25, 0.3) is 33.5 Å². The summed E-state index contributed by atoms with van der Waals surface area (Å²) in [5, 5.41) is 12.4. The van der Waals surface area contributed by atoms with Crippen LogP contribution in [-0.2, 0) is 6.54 Å². The molecule has 0 spiro atoms. The third kappa shape index (κ3) is 4.63. The molecule has 0 saturated carbocycles. The van der Waals surface area contributed by atoms with Gasteiger partial charge in [0.05, 0.1) is 19.7 Å². The molecule has 2 heterocycles. The molecule has 0 aliphatic carbocycles. The number of nitrogens with zero attached hydrogens (tertiary/aromatic N) is 4. The second-order valence-electron chi connectivity index (χ2n) is 8.10. The van der Waals surface area contributed by atoms with Gasteiger partial charge in [0.2, 0.25) is 11.8 Å². The first kappa shape index (κ1) is 22.3. The summed E-state index contributed by atoms with van der Waals surface area (Å²) in [7, 11) is 3.23. The first-order valence-electron chi connectivity index (χ1n) is 11.2. The summed E-state index contributed by atoms with van der Waals surface area (Å²) in [4.78, 5) is 9.19. The SMILES string of the molecule is COc1cc2nc(C)nc(NCc3cccc(-c4cccc(-c5nnc(C)o5)c4)c3)c2cc1OC. The molecular formula is C27H25N5O3. The molecule has 3 aromatic carbocycles. The number of benzene rings is 3. The predicted molar refractivity (Wildman–Crippen MR) is 135 cm³/mol. The highest BCUT2D eigenvalue weighted by atomic mass is 16.5. The van der Waals surface area contributed by atoms with Gasteiger partial charge in [0.1, 0.15) is 11.6 Å². The lowest BCUT2D eigenvalue weighted by Gasteiger charge is -2.13. The third-order valence-electron chi connectivity index (χ3n) is 5.67. The van der Waals surface area contributed by atoms with Crippen LogP contribution in [0, 0.1) is 13.8 Å². The standard InChI is InChI=1S/C27H25N5O3/c1-16-29-23-14-25(34-4)24(33-3)13-22(23)26(30-16)28-15-18-7-5-8-19(11-18)20-9-6-10-21(12-20)27-32-31-17(2)35-27/h5-14H,15H2,1-4H3,(H,28,29,30). The number of rotatable bonds is 7. The quantitative estimate of drug-likeness (QED) is 0.331. The van der Waals surface area contributed by atoms with E-state index in [4.69, 9.17) is 13.9 Å². The van der Waals surface area contributed by atoms with Crippen LogP contribution in [0.1, 0.15) is 17.3 Å². The minimum absolute atomic E-state index is 0.514. The van der Waals surface area contributed by atoms with Crippen molar-refractivity contribution in [2.45, 2.75) is 20.4 Å². The van der Waals surface area contributed by atoms with Gasteiger partial charge in [-0.3, -0.25) is 0 Å². The lowest BCUT2D eigenvalue weighted by Crippen LogP contribution is -2.05. The van der Waals surface area contributed by atoms with E-state index in [1.165, 1.54) is 0 Å². The van der Waals surface area contributed by atoms with Crippen molar-refractivity contribution in [3.8, 4) is 34.1 Å². The van der Waals surface area contributed by atoms with E-state index in [9.17, 15) is 0 Å². The van der Waals surface area contributed by atoms with E-state index < -0.39 is 0 Å². The summed E-state index contributed by atoms with van der Waals surface area (Å²) in [6, 6.07) is 20.2. The van der Waals surface area contributed by atoms with Crippen LogP contribution in [0.5, 0.6) is 11.5 Å². The highest BCUT2D eigenvalue weighted by Crippen LogP contribution is 2.34. The number of anilines is 1. The van der Waals surface area contributed by atoms with Gasteiger partial charge in [-0.2, -0.15) is 0 Å². The van der Waals surface area contributed by atoms with Gasteiger partial charge in [0.15, 0.2) is 11.5 Å². The summed E-state index contributed by atoms with van der Waals surface area (Å²) < 4.78 is 16.5. The lowest BCUT2D eigenvalue weighted by atomic mass is 10.0. The average molecular weight is 468 g/mol. The van der Waals surface area contributed by atoms with E-state index in [-0.39, 0.29) is 0 Å². The molecule has 0 radical (unpaired) electrons. The van der Waals surface area contributed by atoms with Crippen molar-refractivity contribution in [2.24, 2.45) is 0 Å². The van der Waals surface area contributed by atoms with Gasteiger partial charge in [-0.25, -0.2) is 9.97 Å². The second kappa shape index (κ2) is 9.42. The summed E-state index contributed by atoms with van der Waals surface area (Å²) in [6.45, 7) is 4.25. The van der Waals surface area contributed by atoms with Crippen molar-refractivity contribution in [2.75, 3.05) is 19.5 Å². The average Bonchev–Trinajstić information content (AvgIpc) is 3.33. The molecule has 5 aromatic rings. The Morgan fingerprint density at radius 1 is 0.800 bits per heavy atom. The van der Waals surface area contributed by atoms with Gasteiger partial charge in [-0.1, -0.05) is 30.3 Å². The van der Waals surface area contributed by atoms with Crippen LogP contribution in [0.2, 0.25) is 0 Å². The second-order valence-corrected chi connectivity index (χ2v) is 8.10. The predicted octanol–water partition coefficient (Wildman–Crippen LogP) is 5.59. The fourth-order valence-corrected chi connectivity index (χ4v) is 4.00. The Morgan fingerprint density at radius 3 is 2.26 bits per heavy atom. The molecular weight excluding hydrogens is 442 g/mol. The zero-order valence-electron chi connectivity index (χ0n) is 20.0. The number of hydrogen-bond donors (Lipinski definition) is 1. The molecule has 2 aromatic heterocycles. The van der Waals surface area contributed by atoms with E-state index in [1.54, 1.807) is 21.1 Å². The topological polar surface area (TPSA) is 95.2 Å². The van der Waals surface area contributed by atoms with Gasteiger partial charge in [0.25, 0.3) is 0 Å². The number of hydrogen-bond acceptors (Lipinski definition) is 8. The van der Waals surface area contributed by atoms with Crippen LogP contribution in [0.4, 0.5) is 5.82 Å². The maximum absolute atomic E-state index is 5.59. The zero-order chi connectivity index (χ0) is 24.4. The molecule has 0 aliphatic rings. The van der Waals surface area contributed by atoms with Crippen LogP contribution in [0.3, 0.4) is 0 Å². The van der Waals surface area contributed by atoms with Gasteiger partial charge in [0, 0.05) is 30.5 Å². The molecule has 35 heavy (non-hydrogen) atoms. The van der Waals surface area contributed by atoms with E-state index in [0.717, 1.165) is 39.0 Å². The maximum Gasteiger partial charge on any atom is 0.247 e. The summed E-state index contributed by atoms with van der Waals surface area (Å²) in [6.07, 6.45) is 0. The molecule has 0 unspecified atom stereocenters. The van der Waals surface area contributed by atoms with Crippen molar-refractivity contribution in [1.82, 2.24) is 20.2 Å². The van der Waals surface area contributed by atoms with Gasteiger partial charge >= 0.3 is 0 Å². The Labute approximate surface area is 203 Å². The van der Waals surface area contributed by atoms with Crippen LogP contribution in [0.15, 0.2) is 65.1 Å². The number of ether oxygens (including phenoxy) is 2. The molecule has 0 bridgehead atoms. The van der Waals surface area contributed by atoms with E-state index >= 15 is 0 Å². The van der Waals surface area contributed by atoms with Crippen molar-refractivity contribution < 1.29 is 13.9 Å². The van der Waals surface area contributed by atoms with Crippen molar-refractivity contribution in [3.63, 3.8) is 0 Å². The van der Waals surface area contributed by atoms with Gasteiger partial charge in [-0.15, -0.1) is 10.2 Å². The minimum atomic E-state index is 0.514. The third-order valence-corrected chi connectivity index (χ3v) is 5.67. The van der Waals surface area contributed by atoms with E-state index in [2.05, 4.69) is 55.8 Å². The Balaban J connectivity index is 1.42. The number of aromatic nitrogens is 4. The van der Waals surface area contributed by atoms with Crippen molar-refractivity contribution in [3.05, 3.63) is 77.9 Å². The van der Waals surface area contributed by atoms with Crippen LogP contribution < -0.4 is 14.8 Å². The molecule has 8 heteroatoms. The number of aryl methyl sites for hydroxylation is 2. The number of methoxy groups -OCH3 is 2. The van der Waals surface area contributed by atoms with E-state index in [1.807, 2.05) is 37.3 Å². The smallest absolute Gasteiger partial charge is 0.247 e. The molecule has 0 amide bonds. The van der Waals surface area contributed by atoms with Crippen LogP contribution >= 0.6 is 0 Å². The highest BCUT2D eigenvalue weighted by molar-refractivity contribution is 5.91. The fourth-order valence-electron chi connectivity index (χ4n) is 4.00. The molecule has 0 atom stereocenters. The van der Waals surface area contributed by atoms with Crippen molar-refractivity contribution in [1.29, 1.82) is 0 Å². The Hall–Kier alpha value is -4.46. The lowest BCUT2D eigenvalue weighted by molar-refractivity contribution is 0.356. The Bertz CT molecular complexity index is 1510. The zero-order valence-corrected chi connectivity index (χ0v) is 20.0. The summed E-state index contributed by atoms with van der Waals surface area (Å²) >= 11 is 0. The number of nitrogens with one attached hydrogen (secondary N) is 1. The Kier molecular flexibility index (Phi) is 6.01. The summed E-state index contributed by atoms with van der Waals surface area (Å²) in [5.74, 6) is 3.74. The molecule has 1 N–H and O–H groups in total. The Morgan fingerprint density at radius 2 is 1.51 bits per heavy atom. The van der Waals surface area contributed by atoms with Crippen molar-refractivity contribution >= 4 is 16.7 Å². The highest BCUT2D eigenvalue weighted by Gasteiger charge is 2.13.